The Morgan fingerprint density at radius 3 is 1.67 bits per heavy atom. The quantitative estimate of drug-likeness (QED) is 0.223. The first-order chi connectivity index (χ1) is 19.4. The van der Waals surface area contributed by atoms with Crippen molar-refractivity contribution in [3.8, 4) is 23.3 Å². The second-order valence-electron chi connectivity index (χ2n) is 8.13. The van der Waals surface area contributed by atoms with Crippen molar-refractivity contribution in [2.45, 2.75) is 26.2 Å². The number of hydrogen-bond acceptors (Lipinski definition) is 6. The lowest BCUT2D eigenvalue weighted by Gasteiger charge is -2.11. The Balaban J connectivity index is 0.000000235. The molecule has 0 spiro atoms. The summed E-state index contributed by atoms with van der Waals surface area (Å²) in [4.78, 5) is 11.4. The van der Waals surface area contributed by atoms with Crippen molar-refractivity contribution in [1.29, 1.82) is 0 Å². The van der Waals surface area contributed by atoms with Crippen molar-refractivity contribution in [2.75, 3.05) is 7.11 Å². The average molecular weight is 647 g/mol. The number of nitrogens with zero attached hydrogens (tertiary/aromatic N) is 3. The molecule has 0 aliphatic rings. The lowest BCUT2D eigenvalue weighted by atomic mass is 10.2. The highest BCUT2D eigenvalue weighted by Crippen LogP contribution is 2.39. The Morgan fingerprint density at radius 2 is 1.29 bits per heavy atom. The third-order valence-corrected chi connectivity index (χ3v) is 5.52. The fraction of sp³-hybridized carbons (Fsp3) is 0.208. The predicted octanol–water partition coefficient (Wildman–Crippen LogP) is 8.73. The van der Waals surface area contributed by atoms with E-state index in [1.54, 1.807) is 6.92 Å². The van der Waals surface area contributed by atoms with Crippen LogP contribution in [-0.2, 0) is 17.1 Å². The second-order valence-corrected chi connectivity index (χ2v) is 8.95. The fourth-order valence-electron chi connectivity index (χ4n) is 3.06. The predicted molar refractivity (Wildman–Crippen MR) is 131 cm³/mol. The normalized spacial score (nSPS) is 11.5. The van der Waals surface area contributed by atoms with Gasteiger partial charge in [-0.05, 0) is 38.1 Å². The lowest BCUT2D eigenvalue weighted by molar-refractivity contribution is -0.138. The number of nitrogens with one attached hydrogen (secondary N) is 1. The molecule has 0 fully saturated rings. The summed E-state index contributed by atoms with van der Waals surface area (Å²) in [5.74, 6) is -3.86. The van der Waals surface area contributed by atoms with Crippen LogP contribution in [-0.4, -0.2) is 33.2 Å². The number of halogens is 10. The van der Waals surface area contributed by atoms with E-state index in [0.717, 1.165) is 11.8 Å². The van der Waals surface area contributed by atoms with Gasteiger partial charge in [0.05, 0.1) is 34.0 Å². The van der Waals surface area contributed by atoms with Crippen LogP contribution in [0.5, 0.6) is 23.3 Å². The van der Waals surface area contributed by atoms with Crippen LogP contribution in [0, 0.1) is 25.5 Å². The number of H-pyrrole nitrogens is 1. The highest BCUT2D eigenvalue weighted by molar-refractivity contribution is 6.32. The van der Waals surface area contributed by atoms with Gasteiger partial charge in [-0.3, -0.25) is 5.10 Å². The number of hydrogen-bond donors (Lipinski definition) is 1. The molecule has 4 aromatic rings. The molecule has 42 heavy (non-hydrogen) atoms. The number of ether oxygens (including phenoxy) is 3. The van der Waals surface area contributed by atoms with Crippen LogP contribution < -0.4 is 9.47 Å². The Kier molecular flexibility index (Phi) is 9.62. The van der Waals surface area contributed by atoms with Gasteiger partial charge in [-0.25, -0.2) is 13.6 Å². The molecule has 1 N–H and O–H groups in total. The monoisotopic (exact) mass is 646 g/mol. The van der Waals surface area contributed by atoms with Crippen molar-refractivity contribution in [1.82, 2.24) is 20.0 Å². The molecule has 0 amide bonds. The first-order valence-corrected chi connectivity index (χ1v) is 11.8. The molecular formula is C24H16Cl2F8N4O4. The van der Waals surface area contributed by atoms with Crippen molar-refractivity contribution < 1.29 is 54.1 Å². The van der Waals surface area contributed by atoms with Gasteiger partial charge in [-0.2, -0.15) is 31.0 Å². The van der Waals surface area contributed by atoms with E-state index in [0.29, 0.717) is 29.6 Å². The third-order valence-electron chi connectivity index (χ3n) is 4.96. The van der Waals surface area contributed by atoms with E-state index in [1.165, 1.54) is 19.1 Å². The van der Waals surface area contributed by atoms with Crippen LogP contribution >= 0.6 is 23.2 Å². The Labute approximate surface area is 240 Å². The van der Waals surface area contributed by atoms with E-state index in [-0.39, 0.29) is 17.8 Å². The molecule has 18 heteroatoms. The molecule has 8 nitrogen and oxygen atoms in total. The van der Waals surface area contributed by atoms with Gasteiger partial charge >= 0.3 is 18.4 Å². The molecule has 2 aromatic heterocycles. The van der Waals surface area contributed by atoms with Crippen LogP contribution in [0.2, 0.25) is 10.0 Å². The summed E-state index contributed by atoms with van der Waals surface area (Å²) in [7, 11) is 1.14. The summed E-state index contributed by atoms with van der Waals surface area (Å²) in [6, 6.07) is 4.42. The number of aromatic amines is 1. The zero-order chi connectivity index (χ0) is 31.6. The zero-order valence-corrected chi connectivity index (χ0v) is 22.7. The van der Waals surface area contributed by atoms with Gasteiger partial charge < -0.3 is 14.2 Å². The molecule has 0 aliphatic heterocycles. The summed E-state index contributed by atoms with van der Waals surface area (Å²) in [6.07, 6.45) is -10.2. The van der Waals surface area contributed by atoms with Crippen molar-refractivity contribution in [3.05, 3.63) is 80.6 Å². The maximum atomic E-state index is 13.8. The number of alkyl halides is 6. The van der Waals surface area contributed by atoms with Gasteiger partial charge in [0.25, 0.3) is 0 Å². The van der Waals surface area contributed by atoms with E-state index in [4.69, 9.17) is 32.7 Å². The molecular weight excluding hydrogens is 631 g/mol. The standard InChI is InChI=1S/C13H9ClF4N2O3.C11H7ClF4N2O/c1-6-3-10(19-20(6)12(21)22-2)23-11-8(14)4-7(5-9(11)15)13(16,17)18;1-5-2-9(18-17-5)19-10-7(12)3-6(4-8(10)13)11(14,15)16/h3-5H,1-2H3;2-4H,1H3,(H,17,18). The molecule has 4 rings (SSSR count). The maximum absolute atomic E-state index is 13.8. The summed E-state index contributed by atoms with van der Waals surface area (Å²) in [5.41, 5.74) is -1.46. The number of aryl methyl sites for hydroxylation is 2. The molecule has 0 radical (unpaired) electrons. The molecule has 2 heterocycles. The Hall–Kier alpha value is -4.05. The summed E-state index contributed by atoms with van der Waals surface area (Å²) < 4.78 is 118. The minimum Gasteiger partial charge on any atom is -0.451 e. The molecule has 0 aliphatic carbocycles. The molecule has 226 valence electrons. The van der Waals surface area contributed by atoms with E-state index < -0.39 is 62.8 Å². The number of benzene rings is 2. The Morgan fingerprint density at radius 1 is 0.810 bits per heavy atom. The van der Waals surface area contributed by atoms with Gasteiger partial charge in [-0.15, -0.1) is 10.2 Å². The molecule has 0 saturated heterocycles. The zero-order valence-electron chi connectivity index (χ0n) is 21.2. The SMILES string of the molecule is COC(=O)n1nc(Oc2c(F)cc(C(F)(F)F)cc2Cl)cc1C.Cc1cc(Oc2c(F)cc(C(F)(F)F)cc2Cl)n[nH]1. The molecule has 0 saturated carbocycles. The molecule has 0 bridgehead atoms. The van der Waals surface area contributed by atoms with E-state index >= 15 is 0 Å². The highest BCUT2D eigenvalue weighted by Gasteiger charge is 2.34. The van der Waals surface area contributed by atoms with Crippen LogP contribution in [0.15, 0.2) is 36.4 Å². The number of carbonyl (C=O) groups excluding carboxylic acids is 1. The van der Waals surface area contributed by atoms with Crippen LogP contribution in [0.25, 0.3) is 0 Å². The average Bonchev–Trinajstić information content (AvgIpc) is 3.46. The van der Waals surface area contributed by atoms with E-state index in [1.807, 2.05) is 0 Å². The van der Waals surface area contributed by atoms with Gasteiger partial charge in [0.15, 0.2) is 23.1 Å². The van der Waals surface area contributed by atoms with Crippen molar-refractivity contribution >= 4 is 29.3 Å². The van der Waals surface area contributed by atoms with Crippen molar-refractivity contribution in [3.63, 3.8) is 0 Å². The largest absolute Gasteiger partial charge is 0.451 e. The summed E-state index contributed by atoms with van der Waals surface area (Å²) in [6.45, 7) is 3.19. The highest BCUT2D eigenvalue weighted by atomic mass is 35.5. The van der Waals surface area contributed by atoms with E-state index in [2.05, 4.69) is 20.0 Å². The van der Waals surface area contributed by atoms with Gasteiger partial charge in [0, 0.05) is 17.8 Å². The smallest absolute Gasteiger partial charge is 0.434 e. The van der Waals surface area contributed by atoms with Crippen LogP contribution in [0.4, 0.5) is 39.9 Å². The summed E-state index contributed by atoms with van der Waals surface area (Å²) >= 11 is 11.2. The molecule has 0 unspecified atom stereocenters. The number of aromatic nitrogens is 4. The number of rotatable bonds is 4. The van der Waals surface area contributed by atoms with Crippen LogP contribution in [0.3, 0.4) is 0 Å². The van der Waals surface area contributed by atoms with Crippen molar-refractivity contribution in [2.24, 2.45) is 0 Å². The Bertz CT molecular complexity index is 1560. The molecule has 2 aromatic carbocycles. The molecule has 0 atom stereocenters. The van der Waals surface area contributed by atoms with Gasteiger partial charge in [0.1, 0.15) is 0 Å². The number of methoxy groups -OCH3 is 1. The maximum Gasteiger partial charge on any atom is 0.434 e. The minimum absolute atomic E-state index is 0.0121. The number of carbonyl (C=O) groups is 1. The summed E-state index contributed by atoms with van der Waals surface area (Å²) in [5, 5.41) is 8.85. The lowest BCUT2D eigenvalue weighted by Crippen LogP contribution is -2.14. The second kappa shape index (κ2) is 12.4. The third kappa shape index (κ3) is 7.82. The topological polar surface area (TPSA) is 91.3 Å². The van der Waals surface area contributed by atoms with E-state index in [9.17, 15) is 39.9 Å². The fourth-order valence-corrected chi connectivity index (χ4v) is 3.56. The minimum atomic E-state index is -4.74. The first kappa shape index (κ1) is 32.5. The van der Waals surface area contributed by atoms with Gasteiger partial charge in [0.2, 0.25) is 11.8 Å². The van der Waals surface area contributed by atoms with Crippen LogP contribution in [0.1, 0.15) is 22.5 Å². The van der Waals surface area contributed by atoms with Gasteiger partial charge in [-0.1, -0.05) is 23.2 Å². The first-order valence-electron chi connectivity index (χ1n) is 11.1.